The van der Waals surface area contributed by atoms with Crippen LogP contribution in [0.3, 0.4) is 0 Å². The van der Waals surface area contributed by atoms with Crippen LogP contribution in [0.5, 0.6) is 5.75 Å². The molecule has 1 aliphatic rings. The van der Waals surface area contributed by atoms with E-state index in [1.54, 1.807) is 0 Å². The Morgan fingerprint density at radius 2 is 2.00 bits per heavy atom. The third-order valence-electron chi connectivity index (χ3n) is 3.13. The van der Waals surface area contributed by atoms with Gasteiger partial charge in [-0.25, -0.2) is 0 Å². The Kier molecular flexibility index (Phi) is 4.02. The summed E-state index contributed by atoms with van der Waals surface area (Å²) in [7, 11) is 0. The maximum atomic E-state index is 10.4. The van der Waals surface area contributed by atoms with Crippen LogP contribution in [-0.4, -0.2) is 17.2 Å². The maximum Gasteiger partial charge on any atom is 0.303 e. The lowest BCUT2D eigenvalue weighted by atomic mass is 9.96. The number of carbonyl (C=O) groups is 1. The molecule has 1 aliphatic carbocycles. The van der Waals surface area contributed by atoms with Crippen molar-refractivity contribution in [1.82, 2.24) is 0 Å². The van der Waals surface area contributed by atoms with Gasteiger partial charge in [-0.15, -0.1) is 0 Å². The van der Waals surface area contributed by atoms with Crippen molar-refractivity contribution in [2.24, 2.45) is 0 Å². The molecule has 0 amide bonds. The molecular formula is C14H18O3. The van der Waals surface area contributed by atoms with Crippen LogP contribution in [0.1, 0.15) is 37.7 Å². The fraction of sp³-hybridized carbons (Fsp3) is 0.500. The van der Waals surface area contributed by atoms with Gasteiger partial charge in [0.1, 0.15) is 5.75 Å². The molecule has 0 spiro atoms. The molecule has 0 aromatic heterocycles. The summed E-state index contributed by atoms with van der Waals surface area (Å²) in [6.45, 7) is 0. The topological polar surface area (TPSA) is 46.5 Å². The van der Waals surface area contributed by atoms with Gasteiger partial charge in [0.15, 0.2) is 0 Å². The zero-order valence-corrected chi connectivity index (χ0v) is 9.89. The van der Waals surface area contributed by atoms with Crippen LogP contribution in [0, 0.1) is 0 Å². The summed E-state index contributed by atoms with van der Waals surface area (Å²) >= 11 is 0. The van der Waals surface area contributed by atoms with E-state index >= 15 is 0 Å². The summed E-state index contributed by atoms with van der Waals surface area (Å²) in [6, 6.07) is 8.01. The number of carboxylic acid groups (broad SMARTS) is 1. The Morgan fingerprint density at radius 1 is 1.29 bits per heavy atom. The predicted molar refractivity (Wildman–Crippen MR) is 65.3 cm³/mol. The van der Waals surface area contributed by atoms with Crippen molar-refractivity contribution in [2.75, 3.05) is 0 Å². The largest absolute Gasteiger partial charge is 0.490 e. The van der Waals surface area contributed by atoms with E-state index in [4.69, 9.17) is 9.84 Å². The molecule has 1 aromatic carbocycles. The van der Waals surface area contributed by atoms with Crippen molar-refractivity contribution in [2.45, 2.75) is 44.6 Å². The fourth-order valence-electron chi connectivity index (χ4n) is 1.86. The molecule has 0 aliphatic heterocycles. The van der Waals surface area contributed by atoms with Crippen molar-refractivity contribution >= 4 is 5.97 Å². The molecule has 92 valence electrons. The first-order valence-corrected chi connectivity index (χ1v) is 6.21. The second-order valence-electron chi connectivity index (χ2n) is 4.56. The molecule has 0 saturated heterocycles. The third kappa shape index (κ3) is 3.77. The number of benzene rings is 1. The second kappa shape index (κ2) is 5.71. The average Bonchev–Trinajstić information content (AvgIpc) is 2.25. The zero-order valence-electron chi connectivity index (χ0n) is 9.89. The number of aliphatic carboxylic acids is 1. The van der Waals surface area contributed by atoms with E-state index in [0.29, 0.717) is 12.5 Å². The minimum Gasteiger partial charge on any atom is -0.490 e. The minimum atomic E-state index is -0.727. The highest BCUT2D eigenvalue weighted by Crippen LogP contribution is 2.25. The molecule has 1 fully saturated rings. The van der Waals surface area contributed by atoms with Crippen LogP contribution in [0.4, 0.5) is 0 Å². The first-order valence-electron chi connectivity index (χ1n) is 6.21. The summed E-state index contributed by atoms with van der Waals surface area (Å²) in [5, 5.41) is 8.55. The van der Waals surface area contributed by atoms with E-state index in [9.17, 15) is 4.79 Å². The number of carboxylic acids is 1. The average molecular weight is 234 g/mol. The van der Waals surface area contributed by atoms with Crippen LogP contribution in [-0.2, 0) is 11.2 Å². The Morgan fingerprint density at radius 3 is 2.53 bits per heavy atom. The lowest BCUT2D eigenvalue weighted by Gasteiger charge is -2.26. The first kappa shape index (κ1) is 12.0. The van der Waals surface area contributed by atoms with Crippen molar-refractivity contribution in [3.05, 3.63) is 29.8 Å². The Bertz CT molecular complexity index is 366. The number of aryl methyl sites for hydroxylation is 1. The Hall–Kier alpha value is -1.51. The van der Waals surface area contributed by atoms with Gasteiger partial charge in [-0.3, -0.25) is 4.79 Å². The number of rotatable bonds is 6. The van der Waals surface area contributed by atoms with E-state index in [-0.39, 0.29) is 6.42 Å². The fourth-order valence-corrected chi connectivity index (χ4v) is 1.86. The molecule has 17 heavy (non-hydrogen) atoms. The lowest BCUT2D eigenvalue weighted by molar-refractivity contribution is -0.137. The van der Waals surface area contributed by atoms with Crippen molar-refractivity contribution in [1.29, 1.82) is 0 Å². The molecule has 3 heteroatoms. The molecule has 1 N–H and O–H groups in total. The molecule has 2 rings (SSSR count). The van der Waals surface area contributed by atoms with Gasteiger partial charge in [-0.05, 0) is 49.8 Å². The molecule has 0 atom stereocenters. The molecule has 1 aromatic rings. The van der Waals surface area contributed by atoms with Gasteiger partial charge in [0.2, 0.25) is 0 Å². The number of hydrogen-bond donors (Lipinski definition) is 1. The number of hydrogen-bond acceptors (Lipinski definition) is 2. The monoisotopic (exact) mass is 234 g/mol. The maximum absolute atomic E-state index is 10.4. The lowest BCUT2D eigenvalue weighted by Crippen LogP contribution is -2.24. The predicted octanol–water partition coefficient (Wildman–Crippen LogP) is 3.03. The highest BCUT2D eigenvalue weighted by molar-refractivity contribution is 5.66. The van der Waals surface area contributed by atoms with E-state index in [2.05, 4.69) is 0 Å². The SMILES string of the molecule is O=C(O)CCCc1ccc(OC2CCC2)cc1. The molecule has 0 unspecified atom stereocenters. The van der Waals surface area contributed by atoms with Gasteiger partial charge in [0.25, 0.3) is 0 Å². The van der Waals surface area contributed by atoms with Crippen LogP contribution in [0.2, 0.25) is 0 Å². The molecule has 1 saturated carbocycles. The summed E-state index contributed by atoms with van der Waals surface area (Å²) < 4.78 is 5.75. The van der Waals surface area contributed by atoms with Crippen LogP contribution in [0.25, 0.3) is 0 Å². The van der Waals surface area contributed by atoms with Gasteiger partial charge < -0.3 is 9.84 Å². The summed E-state index contributed by atoms with van der Waals surface area (Å²) in [5.74, 6) is 0.201. The second-order valence-corrected chi connectivity index (χ2v) is 4.56. The van der Waals surface area contributed by atoms with Gasteiger partial charge >= 0.3 is 5.97 Å². The summed E-state index contributed by atoms with van der Waals surface area (Å²) in [4.78, 5) is 10.4. The normalized spacial score (nSPS) is 15.3. The zero-order chi connectivity index (χ0) is 12.1. The first-order chi connectivity index (χ1) is 8.24. The van der Waals surface area contributed by atoms with Gasteiger partial charge in [-0.2, -0.15) is 0 Å². The quantitative estimate of drug-likeness (QED) is 0.823. The molecule has 0 heterocycles. The van der Waals surface area contributed by atoms with Crippen LogP contribution in [0.15, 0.2) is 24.3 Å². The van der Waals surface area contributed by atoms with E-state index in [1.807, 2.05) is 24.3 Å². The van der Waals surface area contributed by atoms with Gasteiger partial charge in [0, 0.05) is 6.42 Å². The molecular weight excluding hydrogens is 216 g/mol. The van der Waals surface area contributed by atoms with Gasteiger partial charge in [0.05, 0.1) is 6.10 Å². The smallest absolute Gasteiger partial charge is 0.303 e. The molecule has 0 radical (unpaired) electrons. The summed E-state index contributed by atoms with van der Waals surface area (Å²) in [6.07, 6.45) is 5.76. The molecule has 0 bridgehead atoms. The Balaban J connectivity index is 1.78. The van der Waals surface area contributed by atoms with Crippen molar-refractivity contribution in [3.63, 3.8) is 0 Å². The minimum absolute atomic E-state index is 0.236. The Labute approximate surface area is 101 Å². The van der Waals surface area contributed by atoms with Crippen LogP contribution >= 0.6 is 0 Å². The van der Waals surface area contributed by atoms with E-state index < -0.39 is 5.97 Å². The highest BCUT2D eigenvalue weighted by atomic mass is 16.5. The van der Waals surface area contributed by atoms with E-state index in [1.165, 1.54) is 24.8 Å². The van der Waals surface area contributed by atoms with E-state index in [0.717, 1.165) is 12.2 Å². The molecule has 3 nitrogen and oxygen atoms in total. The third-order valence-corrected chi connectivity index (χ3v) is 3.13. The highest BCUT2D eigenvalue weighted by Gasteiger charge is 2.18. The summed E-state index contributed by atoms with van der Waals surface area (Å²) in [5.41, 5.74) is 1.17. The van der Waals surface area contributed by atoms with Crippen LogP contribution < -0.4 is 4.74 Å². The number of ether oxygens (including phenoxy) is 1. The standard InChI is InChI=1S/C14H18O3/c15-14(16)6-1-3-11-7-9-13(10-8-11)17-12-4-2-5-12/h7-10,12H,1-6H2,(H,15,16). The van der Waals surface area contributed by atoms with Crippen molar-refractivity contribution < 1.29 is 14.6 Å². The van der Waals surface area contributed by atoms with Gasteiger partial charge in [-0.1, -0.05) is 12.1 Å². The van der Waals surface area contributed by atoms with Crippen molar-refractivity contribution in [3.8, 4) is 5.75 Å².